The fourth-order valence-electron chi connectivity index (χ4n) is 1.67. The van der Waals surface area contributed by atoms with E-state index < -0.39 is 6.04 Å². The molecule has 0 bridgehead atoms. The summed E-state index contributed by atoms with van der Waals surface area (Å²) in [6.07, 6.45) is 0. The van der Waals surface area contributed by atoms with Crippen LogP contribution in [0.25, 0.3) is 0 Å². The zero-order valence-corrected chi connectivity index (χ0v) is 13.2. The molecule has 100 valence electrons. The maximum atomic E-state index is 12.1. The molecule has 0 aliphatic heterocycles. The summed E-state index contributed by atoms with van der Waals surface area (Å²) in [6.45, 7) is 9.84. The zero-order valence-electron chi connectivity index (χ0n) is 11.6. The van der Waals surface area contributed by atoms with Crippen LogP contribution in [0.5, 0.6) is 0 Å². The first-order valence-corrected chi connectivity index (χ1v) is 6.75. The first kappa shape index (κ1) is 15.2. The highest BCUT2D eigenvalue weighted by Crippen LogP contribution is 2.28. The molecule has 1 rings (SSSR count). The molecular weight excluding hydrogens is 292 g/mol. The summed E-state index contributed by atoms with van der Waals surface area (Å²) in [5.74, 6) is -0.157. The number of anilines is 1. The molecule has 18 heavy (non-hydrogen) atoms. The van der Waals surface area contributed by atoms with Gasteiger partial charge in [0.2, 0.25) is 5.91 Å². The van der Waals surface area contributed by atoms with Crippen molar-refractivity contribution in [3.63, 3.8) is 0 Å². The van der Waals surface area contributed by atoms with Gasteiger partial charge in [-0.05, 0) is 52.4 Å². The first-order valence-electron chi connectivity index (χ1n) is 5.96. The lowest BCUT2D eigenvalue weighted by atomic mass is 9.87. The number of rotatable bonds is 2. The Balaban J connectivity index is 2.96. The summed E-state index contributed by atoms with van der Waals surface area (Å²) in [7, 11) is 0. The Kier molecular flexibility index (Phi) is 4.56. The minimum Gasteiger partial charge on any atom is -0.323 e. The van der Waals surface area contributed by atoms with Crippen LogP contribution in [-0.4, -0.2) is 11.9 Å². The van der Waals surface area contributed by atoms with Crippen molar-refractivity contribution in [2.24, 2.45) is 11.1 Å². The third-order valence-electron chi connectivity index (χ3n) is 2.90. The van der Waals surface area contributed by atoms with Gasteiger partial charge in [-0.2, -0.15) is 0 Å². The Morgan fingerprint density at radius 3 is 2.33 bits per heavy atom. The molecule has 0 aliphatic rings. The number of aryl methyl sites for hydroxylation is 2. The third-order valence-corrected chi connectivity index (χ3v) is 3.52. The molecule has 1 aromatic rings. The van der Waals surface area contributed by atoms with Crippen LogP contribution < -0.4 is 11.1 Å². The maximum absolute atomic E-state index is 12.1. The van der Waals surface area contributed by atoms with E-state index in [9.17, 15) is 4.79 Å². The minimum absolute atomic E-state index is 0.157. The van der Waals surface area contributed by atoms with Crippen LogP contribution in [0.15, 0.2) is 16.6 Å². The normalized spacial score (nSPS) is 13.3. The Labute approximate surface area is 117 Å². The Hall–Kier alpha value is -0.870. The lowest BCUT2D eigenvalue weighted by Crippen LogP contribution is -2.45. The van der Waals surface area contributed by atoms with Gasteiger partial charge in [-0.1, -0.05) is 26.8 Å². The molecular formula is C14H21BrN2O. The van der Waals surface area contributed by atoms with Crippen LogP contribution in [0.3, 0.4) is 0 Å². The van der Waals surface area contributed by atoms with Crippen LogP contribution in [0.1, 0.15) is 31.9 Å². The van der Waals surface area contributed by atoms with Crippen LogP contribution in [0.4, 0.5) is 5.69 Å². The summed E-state index contributed by atoms with van der Waals surface area (Å²) in [5.41, 5.74) is 8.66. The Bertz CT molecular complexity index is 440. The van der Waals surface area contributed by atoms with Crippen molar-refractivity contribution in [1.82, 2.24) is 0 Å². The highest BCUT2D eigenvalue weighted by atomic mass is 79.9. The fraction of sp³-hybridized carbons (Fsp3) is 0.500. The zero-order chi connectivity index (χ0) is 14.1. The molecule has 0 radical (unpaired) electrons. The average Bonchev–Trinajstić information content (AvgIpc) is 2.20. The van der Waals surface area contributed by atoms with Crippen molar-refractivity contribution in [2.45, 2.75) is 40.7 Å². The molecule has 0 unspecified atom stereocenters. The number of carbonyl (C=O) groups is 1. The Morgan fingerprint density at radius 1 is 1.33 bits per heavy atom. The molecule has 0 saturated carbocycles. The number of carbonyl (C=O) groups excluding carboxylic acids is 1. The van der Waals surface area contributed by atoms with Crippen molar-refractivity contribution < 1.29 is 4.79 Å². The monoisotopic (exact) mass is 312 g/mol. The number of hydrogen-bond donors (Lipinski definition) is 2. The number of halogens is 1. The molecule has 0 aromatic heterocycles. The summed E-state index contributed by atoms with van der Waals surface area (Å²) in [6, 6.07) is 3.47. The van der Waals surface area contributed by atoms with Crippen molar-refractivity contribution in [3.8, 4) is 0 Å². The number of benzene rings is 1. The van der Waals surface area contributed by atoms with Crippen LogP contribution in [0.2, 0.25) is 0 Å². The van der Waals surface area contributed by atoms with E-state index in [4.69, 9.17) is 5.73 Å². The molecule has 1 amide bonds. The molecule has 1 atom stereocenters. The van der Waals surface area contributed by atoms with E-state index in [0.29, 0.717) is 0 Å². The van der Waals surface area contributed by atoms with Gasteiger partial charge in [0.25, 0.3) is 0 Å². The third kappa shape index (κ3) is 3.56. The molecule has 0 spiro atoms. The summed E-state index contributed by atoms with van der Waals surface area (Å²) < 4.78 is 0.884. The molecule has 0 aliphatic carbocycles. The van der Waals surface area contributed by atoms with Gasteiger partial charge in [0.05, 0.1) is 11.7 Å². The summed E-state index contributed by atoms with van der Waals surface area (Å²) in [5, 5.41) is 2.90. The quantitative estimate of drug-likeness (QED) is 0.879. The highest BCUT2D eigenvalue weighted by molar-refractivity contribution is 9.10. The van der Waals surface area contributed by atoms with Crippen LogP contribution in [-0.2, 0) is 4.79 Å². The van der Waals surface area contributed by atoms with E-state index >= 15 is 0 Å². The van der Waals surface area contributed by atoms with E-state index in [0.717, 1.165) is 21.3 Å². The van der Waals surface area contributed by atoms with E-state index in [1.54, 1.807) is 0 Å². The molecule has 0 saturated heterocycles. The van der Waals surface area contributed by atoms with Gasteiger partial charge in [-0.3, -0.25) is 4.79 Å². The smallest absolute Gasteiger partial charge is 0.241 e. The van der Waals surface area contributed by atoms with Crippen LogP contribution in [0, 0.1) is 19.3 Å². The van der Waals surface area contributed by atoms with Gasteiger partial charge in [0, 0.05) is 4.47 Å². The highest BCUT2D eigenvalue weighted by Gasteiger charge is 2.28. The van der Waals surface area contributed by atoms with Crippen molar-refractivity contribution in [3.05, 3.63) is 27.7 Å². The lowest BCUT2D eigenvalue weighted by Gasteiger charge is -2.26. The predicted octanol–water partition coefficient (Wildman–Crippen LogP) is 3.38. The number of nitrogens with one attached hydrogen (secondary N) is 1. The van der Waals surface area contributed by atoms with Gasteiger partial charge < -0.3 is 11.1 Å². The minimum atomic E-state index is -0.537. The molecule has 3 nitrogen and oxygen atoms in total. The molecule has 0 heterocycles. The lowest BCUT2D eigenvalue weighted by molar-refractivity contribution is -0.119. The number of hydrogen-bond acceptors (Lipinski definition) is 2. The molecule has 3 N–H and O–H groups in total. The topological polar surface area (TPSA) is 55.1 Å². The largest absolute Gasteiger partial charge is 0.323 e. The average molecular weight is 313 g/mol. The van der Waals surface area contributed by atoms with Crippen molar-refractivity contribution in [2.75, 3.05) is 5.32 Å². The van der Waals surface area contributed by atoms with Gasteiger partial charge in [-0.15, -0.1) is 0 Å². The van der Waals surface area contributed by atoms with Crippen LogP contribution >= 0.6 is 15.9 Å². The van der Waals surface area contributed by atoms with Crippen molar-refractivity contribution >= 4 is 27.5 Å². The molecule has 4 heteroatoms. The summed E-state index contributed by atoms with van der Waals surface area (Å²) >= 11 is 3.47. The number of nitrogens with two attached hydrogens (primary N) is 1. The second-order valence-electron chi connectivity index (χ2n) is 5.77. The number of amides is 1. The maximum Gasteiger partial charge on any atom is 0.241 e. The molecule has 0 fully saturated rings. The SMILES string of the molecule is Cc1cc(C)c(NC(=O)[C@@H](N)C(C)(C)C)c(Br)c1. The standard InChI is InChI=1S/C14H21BrN2O/c1-8-6-9(2)11(10(15)7-8)17-13(18)12(16)14(3,4)5/h6-7,12H,16H2,1-5H3,(H,17,18)/t12-/m1/s1. The first-order chi connectivity index (χ1) is 8.12. The second kappa shape index (κ2) is 5.41. The van der Waals surface area contributed by atoms with Gasteiger partial charge in [0.1, 0.15) is 0 Å². The second-order valence-corrected chi connectivity index (χ2v) is 6.63. The van der Waals surface area contributed by atoms with Gasteiger partial charge in [0.15, 0.2) is 0 Å². The fourth-order valence-corrected chi connectivity index (χ4v) is 2.44. The van der Waals surface area contributed by atoms with Gasteiger partial charge >= 0.3 is 0 Å². The summed E-state index contributed by atoms with van der Waals surface area (Å²) in [4.78, 5) is 12.1. The Morgan fingerprint density at radius 2 is 1.89 bits per heavy atom. The van der Waals surface area contributed by atoms with Crippen molar-refractivity contribution in [1.29, 1.82) is 0 Å². The van der Waals surface area contributed by atoms with E-state index in [1.165, 1.54) is 0 Å². The predicted molar refractivity (Wildman–Crippen MR) is 79.7 cm³/mol. The van der Waals surface area contributed by atoms with E-state index in [1.807, 2.05) is 46.8 Å². The molecule has 1 aromatic carbocycles. The van der Waals surface area contributed by atoms with E-state index in [2.05, 4.69) is 21.2 Å². The van der Waals surface area contributed by atoms with Gasteiger partial charge in [-0.25, -0.2) is 0 Å². The van der Waals surface area contributed by atoms with E-state index in [-0.39, 0.29) is 11.3 Å².